The molecule has 0 atom stereocenters. The summed E-state index contributed by atoms with van der Waals surface area (Å²) in [5.41, 5.74) is 2.51. The Bertz CT molecular complexity index is 734. The first kappa shape index (κ1) is 12.1. The molecule has 0 amide bonds. The summed E-state index contributed by atoms with van der Waals surface area (Å²) >= 11 is 1.49. The molecule has 0 saturated carbocycles. The van der Waals surface area contributed by atoms with Gasteiger partial charge in [0.1, 0.15) is 5.69 Å². The summed E-state index contributed by atoms with van der Waals surface area (Å²) in [6, 6.07) is 9.21. The molecule has 3 rings (SSSR count). The highest BCUT2D eigenvalue weighted by atomic mass is 32.1. The zero-order chi connectivity index (χ0) is 13.5. The van der Waals surface area contributed by atoms with E-state index >= 15 is 0 Å². The van der Waals surface area contributed by atoms with Crippen LogP contribution in [0.2, 0.25) is 0 Å². The first-order valence-corrected chi connectivity index (χ1v) is 6.30. The van der Waals surface area contributed by atoms with Gasteiger partial charge < -0.3 is 0 Å². The van der Waals surface area contributed by atoms with Gasteiger partial charge in [-0.1, -0.05) is 12.1 Å². The van der Waals surface area contributed by atoms with Crippen LogP contribution in [0.3, 0.4) is 0 Å². The Morgan fingerprint density at radius 1 is 1.05 bits per heavy atom. The number of rotatable bonds is 1. The second-order valence-electron chi connectivity index (χ2n) is 3.94. The van der Waals surface area contributed by atoms with Gasteiger partial charge in [-0.3, -0.25) is 0 Å². The minimum absolute atomic E-state index is 0.296. The maximum atomic E-state index is 12.6. The number of hydrogen-bond acceptors (Lipinski definition) is 3. The van der Waals surface area contributed by atoms with Gasteiger partial charge in [-0.05, 0) is 24.3 Å². The molecule has 96 valence electrons. The fraction of sp³-hybridized carbons (Fsp3) is 0.0769. The standard InChI is InChI=1S/C13H7F3N2S/c14-13(15,16)12-3-1-2-9(18-12)8-4-5-11-10(6-8)17-7-19-11/h1-7H. The average molecular weight is 280 g/mol. The van der Waals surface area contributed by atoms with Gasteiger partial charge in [0.15, 0.2) is 0 Å². The molecule has 0 spiro atoms. The smallest absolute Gasteiger partial charge is 0.245 e. The van der Waals surface area contributed by atoms with Crippen LogP contribution < -0.4 is 0 Å². The van der Waals surface area contributed by atoms with Crippen LogP contribution in [-0.4, -0.2) is 9.97 Å². The fourth-order valence-electron chi connectivity index (χ4n) is 1.77. The van der Waals surface area contributed by atoms with Crippen molar-refractivity contribution in [3.63, 3.8) is 0 Å². The monoisotopic (exact) mass is 280 g/mol. The first-order valence-electron chi connectivity index (χ1n) is 5.42. The summed E-state index contributed by atoms with van der Waals surface area (Å²) in [7, 11) is 0. The van der Waals surface area contributed by atoms with Crippen LogP contribution in [0.4, 0.5) is 13.2 Å². The molecule has 0 fully saturated rings. The Kier molecular flexibility index (Phi) is 2.74. The highest BCUT2D eigenvalue weighted by Crippen LogP contribution is 2.30. The van der Waals surface area contributed by atoms with Crippen LogP contribution in [0, 0.1) is 0 Å². The molecule has 0 aliphatic rings. The number of aromatic nitrogens is 2. The second-order valence-corrected chi connectivity index (χ2v) is 4.83. The van der Waals surface area contributed by atoms with E-state index in [-0.39, 0.29) is 0 Å². The molecule has 2 heterocycles. The van der Waals surface area contributed by atoms with Crippen LogP contribution in [0.15, 0.2) is 41.9 Å². The van der Waals surface area contributed by atoms with Crippen LogP contribution >= 0.6 is 11.3 Å². The van der Waals surface area contributed by atoms with E-state index in [0.717, 1.165) is 16.3 Å². The molecule has 0 bridgehead atoms. The average Bonchev–Trinajstić information content (AvgIpc) is 2.85. The Morgan fingerprint density at radius 2 is 1.89 bits per heavy atom. The summed E-state index contributed by atoms with van der Waals surface area (Å²) in [6.45, 7) is 0. The Balaban J connectivity index is 2.10. The largest absolute Gasteiger partial charge is 0.433 e. The molecular formula is C13H7F3N2S. The van der Waals surface area contributed by atoms with Crippen molar-refractivity contribution in [2.24, 2.45) is 0 Å². The molecule has 0 radical (unpaired) electrons. The van der Waals surface area contributed by atoms with Crippen molar-refractivity contribution in [2.45, 2.75) is 6.18 Å². The predicted molar refractivity (Wildman–Crippen MR) is 67.9 cm³/mol. The minimum Gasteiger partial charge on any atom is -0.245 e. The molecule has 0 N–H and O–H groups in total. The lowest BCUT2D eigenvalue weighted by molar-refractivity contribution is -0.141. The van der Waals surface area contributed by atoms with E-state index in [1.54, 1.807) is 23.7 Å². The summed E-state index contributed by atoms with van der Waals surface area (Å²) < 4.78 is 38.8. The number of fused-ring (bicyclic) bond motifs is 1. The molecule has 6 heteroatoms. The van der Waals surface area contributed by atoms with Crippen LogP contribution in [0.1, 0.15) is 5.69 Å². The van der Waals surface area contributed by atoms with Crippen molar-refractivity contribution in [1.82, 2.24) is 9.97 Å². The summed E-state index contributed by atoms with van der Waals surface area (Å²) in [5, 5.41) is 0. The third-order valence-electron chi connectivity index (χ3n) is 2.67. The molecule has 19 heavy (non-hydrogen) atoms. The third kappa shape index (κ3) is 2.31. The number of benzene rings is 1. The van der Waals surface area contributed by atoms with Gasteiger partial charge in [0.25, 0.3) is 0 Å². The fourth-order valence-corrected chi connectivity index (χ4v) is 2.43. The minimum atomic E-state index is -4.43. The number of halogens is 3. The lowest BCUT2D eigenvalue weighted by Gasteiger charge is -2.07. The third-order valence-corrected chi connectivity index (χ3v) is 3.48. The zero-order valence-electron chi connectivity index (χ0n) is 9.48. The SMILES string of the molecule is FC(F)(F)c1cccc(-c2ccc3scnc3c2)n1. The van der Waals surface area contributed by atoms with E-state index < -0.39 is 11.9 Å². The maximum Gasteiger partial charge on any atom is 0.433 e. The van der Waals surface area contributed by atoms with Crippen molar-refractivity contribution in [2.75, 3.05) is 0 Å². The van der Waals surface area contributed by atoms with Crippen molar-refractivity contribution in [3.05, 3.63) is 47.6 Å². The highest BCUT2D eigenvalue weighted by molar-refractivity contribution is 7.16. The molecule has 3 aromatic rings. The number of hydrogen-bond donors (Lipinski definition) is 0. The van der Waals surface area contributed by atoms with Crippen LogP contribution in [0.25, 0.3) is 21.5 Å². The lowest BCUT2D eigenvalue weighted by atomic mass is 10.1. The van der Waals surface area contributed by atoms with E-state index in [1.165, 1.54) is 17.4 Å². The maximum absolute atomic E-state index is 12.6. The Hall–Kier alpha value is -1.95. The van der Waals surface area contributed by atoms with Crippen molar-refractivity contribution in [3.8, 4) is 11.3 Å². The molecule has 0 saturated heterocycles. The van der Waals surface area contributed by atoms with E-state index in [1.807, 2.05) is 6.07 Å². The van der Waals surface area contributed by atoms with E-state index in [0.29, 0.717) is 11.3 Å². The summed E-state index contributed by atoms with van der Waals surface area (Å²) in [4.78, 5) is 7.80. The van der Waals surface area contributed by atoms with Gasteiger partial charge >= 0.3 is 6.18 Å². The van der Waals surface area contributed by atoms with Crippen molar-refractivity contribution in [1.29, 1.82) is 0 Å². The topological polar surface area (TPSA) is 25.8 Å². The molecule has 0 aliphatic heterocycles. The van der Waals surface area contributed by atoms with Crippen LogP contribution in [-0.2, 0) is 6.18 Å². The Morgan fingerprint density at radius 3 is 2.68 bits per heavy atom. The number of alkyl halides is 3. The second kappa shape index (κ2) is 4.31. The lowest BCUT2D eigenvalue weighted by Crippen LogP contribution is -2.07. The van der Waals surface area contributed by atoms with Crippen LogP contribution in [0.5, 0.6) is 0 Å². The molecule has 0 aliphatic carbocycles. The van der Waals surface area contributed by atoms with Gasteiger partial charge in [0.05, 0.1) is 21.4 Å². The quantitative estimate of drug-likeness (QED) is 0.661. The van der Waals surface area contributed by atoms with E-state index in [2.05, 4.69) is 9.97 Å². The van der Waals surface area contributed by atoms with Gasteiger partial charge in [0.2, 0.25) is 0 Å². The van der Waals surface area contributed by atoms with Crippen molar-refractivity contribution >= 4 is 21.6 Å². The number of thiazole rings is 1. The summed E-state index contributed by atoms with van der Waals surface area (Å²) in [6.07, 6.45) is -4.43. The zero-order valence-corrected chi connectivity index (χ0v) is 10.3. The predicted octanol–water partition coefficient (Wildman–Crippen LogP) is 4.38. The summed E-state index contributed by atoms with van der Waals surface area (Å²) in [5.74, 6) is 0. The van der Waals surface area contributed by atoms with Gasteiger partial charge in [-0.2, -0.15) is 13.2 Å². The highest BCUT2D eigenvalue weighted by Gasteiger charge is 2.32. The van der Waals surface area contributed by atoms with Gasteiger partial charge in [-0.25, -0.2) is 9.97 Å². The normalized spacial score (nSPS) is 11.9. The molecule has 1 aromatic carbocycles. The van der Waals surface area contributed by atoms with Gasteiger partial charge in [-0.15, -0.1) is 11.3 Å². The van der Waals surface area contributed by atoms with E-state index in [9.17, 15) is 13.2 Å². The number of pyridine rings is 1. The van der Waals surface area contributed by atoms with E-state index in [4.69, 9.17) is 0 Å². The number of nitrogens with zero attached hydrogens (tertiary/aromatic N) is 2. The molecule has 2 nitrogen and oxygen atoms in total. The Labute approximate surface area is 110 Å². The first-order chi connectivity index (χ1) is 9.04. The van der Waals surface area contributed by atoms with Crippen molar-refractivity contribution < 1.29 is 13.2 Å². The van der Waals surface area contributed by atoms with Gasteiger partial charge in [0, 0.05) is 5.56 Å². The molecular weight excluding hydrogens is 273 g/mol. The molecule has 0 unspecified atom stereocenters. The molecule has 2 aromatic heterocycles.